The van der Waals surface area contributed by atoms with Gasteiger partial charge >= 0.3 is 0 Å². The Kier molecular flexibility index (Phi) is 3.98. The predicted octanol–water partition coefficient (Wildman–Crippen LogP) is 3.27. The second kappa shape index (κ2) is 5.78. The third-order valence-electron chi connectivity index (χ3n) is 4.55. The van der Waals surface area contributed by atoms with Gasteiger partial charge in [0.1, 0.15) is 11.6 Å². The van der Waals surface area contributed by atoms with Crippen LogP contribution in [0.1, 0.15) is 23.5 Å². The van der Waals surface area contributed by atoms with Crippen LogP contribution in [0.2, 0.25) is 0 Å². The van der Waals surface area contributed by atoms with Gasteiger partial charge in [-0.05, 0) is 42.8 Å². The molecular weight excluding hydrogens is 284 g/mol. The van der Waals surface area contributed by atoms with Gasteiger partial charge in [0.2, 0.25) is 0 Å². The Morgan fingerprint density at radius 1 is 1.14 bits per heavy atom. The van der Waals surface area contributed by atoms with Crippen LogP contribution in [0.3, 0.4) is 0 Å². The monoisotopic (exact) mass is 303 g/mol. The van der Waals surface area contributed by atoms with Crippen molar-refractivity contribution in [2.45, 2.75) is 17.9 Å². The molecule has 22 heavy (non-hydrogen) atoms. The first-order valence-electron chi connectivity index (χ1n) is 7.42. The molecule has 1 aliphatic rings. The number of rotatable bonds is 2. The van der Waals surface area contributed by atoms with Crippen LogP contribution in [-0.4, -0.2) is 30.1 Å². The maximum absolute atomic E-state index is 14.2. The Hall–Kier alpha value is -1.78. The van der Waals surface area contributed by atoms with Gasteiger partial charge in [0.15, 0.2) is 0 Å². The van der Waals surface area contributed by atoms with Crippen LogP contribution in [-0.2, 0) is 5.60 Å². The first-order valence-corrected chi connectivity index (χ1v) is 7.42. The summed E-state index contributed by atoms with van der Waals surface area (Å²) < 4.78 is 27.8. The number of nitrogens with zero attached hydrogens (tertiary/aromatic N) is 1. The first kappa shape index (κ1) is 15.1. The summed E-state index contributed by atoms with van der Waals surface area (Å²) in [7, 11) is 1.94. The Balaban J connectivity index is 2.09. The van der Waals surface area contributed by atoms with Crippen LogP contribution in [0.5, 0.6) is 0 Å². The van der Waals surface area contributed by atoms with E-state index in [9.17, 15) is 13.9 Å². The summed E-state index contributed by atoms with van der Waals surface area (Å²) in [5.41, 5.74) is -0.286. The molecule has 0 aromatic heterocycles. The fourth-order valence-corrected chi connectivity index (χ4v) is 3.31. The normalized spacial score (nSPS) is 26.1. The maximum Gasteiger partial charge on any atom is 0.126 e. The van der Waals surface area contributed by atoms with Crippen LogP contribution in [0, 0.1) is 11.6 Å². The molecule has 0 aliphatic carbocycles. The molecule has 2 aromatic rings. The van der Waals surface area contributed by atoms with Gasteiger partial charge in [0, 0.05) is 19.0 Å². The van der Waals surface area contributed by atoms with E-state index < -0.39 is 17.3 Å². The molecule has 0 radical (unpaired) electrons. The molecule has 4 heteroatoms. The van der Waals surface area contributed by atoms with Gasteiger partial charge in [0.25, 0.3) is 0 Å². The second-order valence-electron chi connectivity index (χ2n) is 6.02. The zero-order valence-electron chi connectivity index (χ0n) is 12.5. The van der Waals surface area contributed by atoms with Crippen molar-refractivity contribution < 1.29 is 13.9 Å². The molecule has 1 fully saturated rings. The maximum atomic E-state index is 14.2. The molecule has 0 bridgehead atoms. The molecular formula is C18H19F2NO. The molecule has 2 nitrogen and oxygen atoms in total. The van der Waals surface area contributed by atoms with E-state index in [4.69, 9.17) is 0 Å². The Morgan fingerprint density at radius 2 is 1.91 bits per heavy atom. The van der Waals surface area contributed by atoms with E-state index in [2.05, 4.69) is 4.90 Å². The highest BCUT2D eigenvalue weighted by molar-refractivity contribution is 5.33. The summed E-state index contributed by atoms with van der Waals surface area (Å²) in [4.78, 5) is 2.06. The number of piperidine rings is 1. The van der Waals surface area contributed by atoms with Crippen molar-refractivity contribution in [2.24, 2.45) is 0 Å². The minimum Gasteiger partial charge on any atom is -0.384 e. The molecule has 1 aliphatic heterocycles. The quantitative estimate of drug-likeness (QED) is 0.920. The fraction of sp³-hybridized carbons (Fsp3) is 0.333. The minimum absolute atomic E-state index is 0.336. The van der Waals surface area contributed by atoms with Crippen LogP contribution in [0.4, 0.5) is 8.78 Å². The van der Waals surface area contributed by atoms with Gasteiger partial charge in [0.05, 0.1) is 5.60 Å². The third kappa shape index (κ3) is 2.64. The van der Waals surface area contributed by atoms with E-state index in [0.717, 1.165) is 0 Å². The number of hydrogen-bond donors (Lipinski definition) is 1. The minimum atomic E-state index is -1.27. The highest BCUT2D eigenvalue weighted by atomic mass is 19.1. The third-order valence-corrected chi connectivity index (χ3v) is 4.55. The number of hydrogen-bond acceptors (Lipinski definition) is 2. The van der Waals surface area contributed by atoms with Crippen molar-refractivity contribution in [3.63, 3.8) is 0 Å². The van der Waals surface area contributed by atoms with Gasteiger partial charge < -0.3 is 10.0 Å². The van der Waals surface area contributed by atoms with Crippen molar-refractivity contribution in [2.75, 3.05) is 20.1 Å². The lowest BCUT2D eigenvalue weighted by Gasteiger charge is -2.44. The molecule has 1 N–H and O–H groups in total. The van der Waals surface area contributed by atoms with E-state index in [1.165, 1.54) is 18.2 Å². The van der Waals surface area contributed by atoms with Crippen LogP contribution in [0.25, 0.3) is 0 Å². The predicted molar refractivity (Wildman–Crippen MR) is 81.6 cm³/mol. The van der Waals surface area contributed by atoms with Crippen LogP contribution < -0.4 is 0 Å². The van der Waals surface area contributed by atoms with Crippen LogP contribution in [0.15, 0.2) is 48.5 Å². The molecule has 1 heterocycles. The largest absolute Gasteiger partial charge is 0.384 e. The van der Waals surface area contributed by atoms with Gasteiger partial charge in [-0.25, -0.2) is 8.78 Å². The number of benzene rings is 2. The molecule has 3 rings (SSSR count). The Labute approximate surface area is 129 Å². The van der Waals surface area contributed by atoms with E-state index in [-0.39, 0.29) is 5.82 Å². The molecule has 116 valence electrons. The molecule has 2 atom stereocenters. The summed E-state index contributed by atoms with van der Waals surface area (Å²) in [5, 5.41) is 11.3. The lowest BCUT2D eigenvalue weighted by Crippen LogP contribution is -2.47. The average molecular weight is 303 g/mol. The average Bonchev–Trinajstić information content (AvgIpc) is 2.51. The van der Waals surface area contributed by atoms with Crippen molar-refractivity contribution >= 4 is 0 Å². The van der Waals surface area contributed by atoms with Gasteiger partial charge in [-0.15, -0.1) is 0 Å². The molecule has 0 saturated carbocycles. The van der Waals surface area contributed by atoms with Crippen molar-refractivity contribution in [3.8, 4) is 0 Å². The molecule has 0 unspecified atom stereocenters. The highest BCUT2D eigenvalue weighted by Crippen LogP contribution is 2.43. The summed E-state index contributed by atoms with van der Waals surface area (Å²) in [6.07, 6.45) is 0.436. The summed E-state index contributed by atoms with van der Waals surface area (Å²) in [6, 6.07) is 12.5. The molecule has 1 saturated heterocycles. The van der Waals surface area contributed by atoms with E-state index >= 15 is 0 Å². The smallest absolute Gasteiger partial charge is 0.126 e. The van der Waals surface area contributed by atoms with Crippen LogP contribution >= 0.6 is 0 Å². The summed E-state index contributed by atoms with van der Waals surface area (Å²) >= 11 is 0. The summed E-state index contributed by atoms with van der Waals surface area (Å²) in [6.45, 7) is 1.20. The van der Waals surface area contributed by atoms with Gasteiger partial charge in [-0.3, -0.25) is 0 Å². The van der Waals surface area contributed by atoms with Crippen molar-refractivity contribution in [3.05, 3.63) is 71.3 Å². The molecule has 2 aromatic carbocycles. The first-order chi connectivity index (χ1) is 10.5. The van der Waals surface area contributed by atoms with Gasteiger partial charge in [-0.2, -0.15) is 0 Å². The lowest BCUT2D eigenvalue weighted by molar-refractivity contribution is -0.0430. The van der Waals surface area contributed by atoms with E-state index in [1.807, 2.05) is 7.05 Å². The number of aliphatic hydroxyl groups is 1. The number of likely N-dealkylation sites (N-methyl/N-ethyl adjacent to an activating group) is 1. The molecule has 0 spiro atoms. The Bertz CT molecular complexity index is 676. The standard InChI is InChI=1S/C18H19F2NO/c1-21-10-9-18(22,13-5-4-6-14(19)11-13)16(12-21)15-7-2-3-8-17(15)20/h2-8,11,16,22H,9-10,12H2,1H3/t16-,18-/m1/s1. The van der Waals surface area contributed by atoms with Crippen molar-refractivity contribution in [1.82, 2.24) is 4.90 Å². The zero-order valence-corrected chi connectivity index (χ0v) is 12.5. The topological polar surface area (TPSA) is 23.5 Å². The number of likely N-dealkylation sites (tertiary alicyclic amines) is 1. The summed E-state index contributed by atoms with van der Waals surface area (Å²) in [5.74, 6) is -1.16. The highest BCUT2D eigenvalue weighted by Gasteiger charge is 2.44. The number of halogens is 2. The fourth-order valence-electron chi connectivity index (χ4n) is 3.31. The van der Waals surface area contributed by atoms with E-state index in [1.54, 1.807) is 30.3 Å². The van der Waals surface area contributed by atoms with Gasteiger partial charge in [-0.1, -0.05) is 30.3 Å². The van der Waals surface area contributed by atoms with E-state index in [0.29, 0.717) is 30.6 Å². The second-order valence-corrected chi connectivity index (χ2v) is 6.02. The lowest BCUT2D eigenvalue weighted by atomic mass is 9.72. The van der Waals surface area contributed by atoms with Crippen molar-refractivity contribution in [1.29, 1.82) is 0 Å². The molecule has 0 amide bonds. The zero-order chi connectivity index (χ0) is 15.7. The SMILES string of the molecule is CN1CC[C@@](O)(c2cccc(F)c2)[C@@H](c2ccccc2F)C1. The Morgan fingerprint density at radius 3 is 2.64 bits per heavy atom.